The molecule has 8 nitrogen and oxygen atoms in total. The minimum Gasteiger partial charge on any atom is -0.356 e. The zero-order valence-corrected chi connectivity index (χ0v) is 17.2. The van der Waals surface area contributed by atoms with Crippen LogP contribution in [0.1, 0.15) is 18.7 Å². The summed E-state index contributed by atoms with van der Waals surface area (Å²) in [4.78, 5) is 26.4. The smallest absolute Gasteiger partial charge is 0.142 e. The highest BCUT2D eigenvalue weighted by molar-refractivity contribution is 5.92. The standard InChI is InChI=1S/C23H21FN8/c24-15-10-14(11-26-12-15)16-2-1-3-18-19(16)31-22(30-18)23(25)5-8-32(9-6-23)21-17-4-7-27-20(17)28-13-29-21/h1-4,7,10-13H,5-6,8-9,25H2,(H,30,31)(H,27,28,29). The number of nitrogens with one attached hydrogen (secondary N) is 2. The van der Waals surface area contributed by atoms with Crippen LogP contribution >= 0.6 is 0 Å². The van der Waals surface area contributed by atoms with E-state index < -0.39 is 5.54 Å². The molecule has 0 bridgehead atoms. The van der Waals surface area contributed by atoms with Crippen molar-refractivity contribution in [1.82, 2.24) is 29.9 Å². The summed E-state index contributed by atoms with van der Waals surface area (Å²) in [7, 11) is 0. The van der Waals surface area contributed by atoms with Crippen molar-refractivity contribution >= 4 is 27.9 Å². The first-order valence-corrected chi connectivity index (χ1v) is 10.5. The van der Waals surface area contributed by atoms with Gasteiger partial charge in [-0.3, -0.25) is 4.98 Å². The van der Waals surface area contributed by atoms with Crippen molar-refractivity contribution in [3.63, 3.8) is 0 Å². The summed E-state index contributed by atoms with van der Waals surface area (Å²) in [6.45, 7) is 1.51. The Bertz CT molecular complexity index is 1430. The van der Waals surface area contributed by atoms with Crippen LogP contribution < -0.4 is 10.6 Å². The number of halogens is 1. The number of H-pyrrole nitrogens is 2. The van der Waals surface area contributed by atoms with E-state index in [0.29, 0.717) is 5.56 Å². The molecule has 9 heteroatoms. The van der Waals surface area contributed by atoms with Crippen LogP contribution in [0.2, 0.25) is 0 Å². The number of hydrogen-bond acceptors (Lipinski definition) is 6. The van der Waals surface area contributed by atoms with Gasteiger partial charge in [0, 0.05) is 36.6 Å². The van der Waals surface area contributed by atoms with Gasteiger partial charge in [0.2, 0.25) is 0 Å². The Morgan fingerprint density at radius 1 is 1.09 bits per heavy atom. The van der Waals surface area contributed by atoms with Crippen LogP contribution in [0.15, 0.2) is 55.2 Å². The van der Waals surface area contributed by atoms with Crippen molar-refractivity contribution in [1.29, 1.82) is 0 Å². The molecule has 1 aliphatic rings. The highest BCUT2D eigenvalue weighted by atomic mass is 19.1. The Hall–Kier alpha value is -3.85. The predicted molar refractivity (Wildman–Crippen MR) is 120 cm³/mol. The molecule has 6 rings (SSSR count). The molecular weight excluding hydrogens is 407 g/mol. The number of piperidine rings is 1. The molecule has 4 aromatic heterocycles. The monoisotopic (exact) mass is 428 g/mol. The van der Waals surface area contributed by atoms with Gasteiger partial charge in [0.15, 0.2) is 0 Å². The van der Waals surface area contributed by atoms with E-state index in [2.05, 4.69) is 29.8 Å². The molecule has 0 unspecified atom stereocenters. The second-order valence-corrected chi connectivity index (χ2v) is 8.26. The van der Waals surface area contributed by atoms with Crippen molar-refractivity contribution in [2.75, 3.05) is 18.0 Å². The Morgan fingerprint density at radius 2 is 1.97 bits per heavy atom. The predicted octanol–water partition coefficient (Wildman–Crippen LogP) is 3.49. The average molecular weight is 428 g/mol. The maximum absolute atomic E-state index is 13.7. The first kappa shape index (κ1) is 18.9. The van der Waals surface area contributed by atoms with E-state index in [1.54, 1.807) is 12.5 Å². The first-order valence-electron chi connectivity index (χ1n) is 10.5. The SMILES string of the molecule is NC1(c2nc3c(-c4cncc(F)c4)cccc3[nH]2)CCN(c2ncnc3[nH]ccc23)CC1. The quantitative estimate of drug-likeness (QED) is 0.406. The normalized spacial score (nSPS) is 16.1. The van der Waals surface area contributed by atoms with Crippen molar-refractivity contribution < 1.29 is 4.39 Å². The van der Waals surface area contributed by atoms with Crippen molar-refractivity contribution in [3.05, 3.63) is 66.9 Å². The van der Waals surface area contributed by atoms with Crippen LogP contribution in [0.4, 0.5) is 10.2 Å². The lowest BCUT2D eigenvalue weighted by molar-refractivity contribution is 0.327. The van der Waals surface area contributed by atoms with Crippen LogP contribution in [-0.4, -0.2) is 43.0 Å². The maximum atomic E-state index is 13.7. The summed E-state index contributed by atoms with van der Waals surface area (Å²) in [5.41, 5.74) is 10.3. The molecular formula is C23H21FN8. The van der Waals surface area contributed by atoms with Gasteiger partial charge in [-0.05, 0) is 31.0 Å². The van der Waals surface area contributed by atoms with Crippen LogP contribution in [0, 0.1) is 5.82 Å². The van der Waals surface area contributed by atoms with Gasteiger partial charge < -0.3 is 20.6 Å². The molecule has 1 aliphatic heterocycles. The van der Waals surface area contributed by atoms with E-state index in [0.717, 1.165) is 65.2 Å². The largest absolute Gasteiger partial charge is 0.356 e. The van der Waals surface area contributed by atoms with Crippen molar-refractivity contribution in [2.24, 2.45) is 5.73 Å². The molecule has 0 spiro atoms. The summed E-state index contributed by atoms with van der Waals surface area (Å²) < 4.78 is 13.7. The molecule has 0 saturated carbocycles. The van der Waals surface area contributed by atoms with Gasteiger partial charge in [-0.2, -0.15) is 0 Å². The minimum atomic E-state index is -0.586. The lowest BCUT2D eigenvalue weighted by Gasteiger charge is -2.38. The van der Waals surface area contributed by atoms with Gasteiger partial charge in [0.05, 0.1) is 28.2 Å². The maximum Gasteiger partial charge on any atom is 0.142 e. The van der Waals surface area contributed by atoms with Gasteiger partial charge in [0.25, 0.3) is 0 Å². The lowest BCUT2D eigenvalue weighted by Crippen LogP contribution is -2.49. The molecule has 4 N–H and O–H groups in total. The number of aromatic nitrogens is 6. The molecule has 0 aliphatic carbocycles. The van der Waals surface area contributed by atoms with E-state index >= 15 is 0 Å². The van der Waals surface area contributed by atoms with Crippen LogP contribution in [-0.2, 0) is 5.54 Å². The third-order valence-corrected chi connectivity index (χ3v) is 6.29. The Labute approximate surface area is 182 Å². The van der Waals surface area contributed by atoms with E-state index in [-0.39, 0.29) is 5.82 Å². The number of hydrogen-bond donors (Lipinski definition) is 3. The zero-order chi connectivity index (χ0) is 21.7. The molecule has 32 heavy (non-hydrogen) atoms. The summed E-state index contributed by atoms with van der Waals surface area (Å²) in [6, 6.07) is 9.28. The lowest BCUT2D eigenvalue weighted by atomic mass is 9.88. The van der Waals surface area contributed by atoms with Crippen molar-refractivity contribution in [3.8, 4) is 11.1 Å². The molecule has 160 valence electrons. The zero-order valence-electron chi connectivity index (χ0n) is 17.2. The third-order valence-electron chi connectivity index (χ3n) is 6.29. The number of fused-ring (bicyclic) bond motifs is 2. The van der Waals surface area contributed by atoms with E-state index in [9.17, 15) is 4.39 Å². The fourth-order valence-electron chi connectivity index (χ4n) is 4.53. The van der Waals surface area contributed by atoms with E-state index in [4.69, 9.17) is 10.7 Å². The molecule has 0 radical (unpaired) electrons. The first-order chi connectivity index (χ1) is 15.6. The number of pyridine rings is 1. The summed E-state index contributed by atoms with van der Waals surface area (Å²) in [6.07, 6.45) is 7.74. The highest BCUT2D eigenvalue weighted by Crippen LogP contribution is 2.35. The topological polar surface area (TPSA) is 112 Å². The number of rotatable bonds is 3. The molecule has 0 atom stereocenters. The van der Waals surface area contributed by atoms with Gasteiger partial charge in [-0.25, -0.2) is 19.3 Å². The fourth-order valence-corrected chi connectivity index (χ4v) is 4.53. The highest BCUT2D eigenvalue weighted by Gasteiger charge is 2.36. The summed E-state index contributed by atoms with van der Waals surface area (Å²) >= 11 is 0. The minimum absolute atomic E-state index is 0.376. The van der Waals surface area contributed by atoms with Gasteiger partial charge in [0.1, 0.15) is 29.4 Å². The molecule has 1 fully saturated rings. The fraction of sp³-hybridized carbons (Fsp3) is 0.217. The molecule has 1 saturated heterocycles. The summed E-state index contributed by atoms with van der Waals surface area (Å²) in [5, 5.41) is 1.01. The number of benzene rings is 1. The van der Waals surface area contributed by atoms with Gasteiger partial charge >= 0.3 is 0 Å². The second-order valence-electron chi connectivity index (χ2n) is 8.26. The number of imidazole rings is 1. The summed E-state index contributed by atoms with van der Waals surface area (Å²) in [5.74, 6) is 1.29. The Morgan fingerprint density at radius 3 is 2.81 bits per heavy atom. The molecule has 5 heterocycles. The number of nitrogens with two attached hydrogens (primary N) is 1. The Kier molecular flexibility index (Phi) is 4.19. The van der Waals surface area contributed by atoms with Crippen molar-refractivity contribution in [2.45, 2.75) is 18.4 Å². The average Bonchev–Trinajstić information content (AvgIpc) is 3.47. The number of aromatic amines is 2. The molecule has 5 aromatic rings. The number of para-hydroxylation sites is 1. The van der Waals surface area contributed by atoms with E-state index in [1.807, 2.05) is 30.5 Å². The number of nitrogens with zero attached hydrogens (tertiary/aromatic N) is 5. The van der Waals surface area contributed by atoms with E-state index in [1.165, 1.54) is 12.3 Å². The third kappa shape index (κ3) is 3.01. The van der Waals surface area contributed by atoms with Gasteiger partial charge in [-0.15, -0.1) is 0 Å². The molecule has 1 aromatic carbocycles. The second kappa shape index (κ2) is 7.10. The molecule has 0 amide bonds. The van der Waals surface area contributed by atoms with Crippen LogP contribution in [0.5, 0.6) is 0 Å². The number of anilines is 1. The Balaban J connectivity index is 1.31. The van der Waals surface area contributed by atoms with Crippen LogP contribution in [0.25, 0.3) is 33.2 Å². The van der Waals surface area contributed by atoms with Crippen LogP contribution in [0.3, 0.4) is 0 Å². The van der Waals surface area contributed by atoms with Gasteiger partial charge in [-0.1, -0.05) is 12.1 Å².